The molecular weight excluding hydrogens is 290 g/mol. The van der Waals surface area contributed by atoms with E-state index in [0.717, 1.165) is 30.2 Å². The third-order valence-electron chi connectivity index (χ3n) is 6.26. The molecule has 4 saturated carbocycles. The third kappa shape index (κ3) is 2.74. The molecule has 124 valence electrons. The summed E-state index contributed by atoms with van der Waals surface area (Å²) in [7, 11) is 0. The van der Waals surface area contributed by atoms with E-state index < -0.39 is 0 Å². The molecule has 3 atom stereocenters. The lowest BCUT2D eigenvalue weighted by molar-refractivity contribution is -0.107. The van der Waals surface area contributed by atoms with Crippen LogP contribution in [0.2, 0.25) is 0 Å². The minimum atomic E-state index is -0.348. The van der Waals surface area contributed by atoms with E-state index in [1.54, 1.807) is 0 Å². The van der Waals surface area contributed by atoms with Crippen molar-refractivity contribution in [1.29, 1.82) is 0 Å². The fourth-order valence-corrected chi connectivity index (χ4v) is 5.60. The Morgan fingerprint density at radius 3 is 2.52 bits per heavy atom. The van der Waals surface area contributed by atoms with Crippen LogP contribution in [-0.4, -0.2) is 23.8 Å². The Morgan fingerprint density at radius 2 is 1.87 bits per heavy atom. The molecule has 4 nitrogen and oxygen atoms in total. The standard InChI is InChI=1S/C19H25NO3/c21-12-19-9-14-6-15(10-19)8-16(7-14)17(19)20-18(22)23-11-13-4-2-1-3-5-13/h1-5,14-17,21H,6-12H2,(H,20,22). The molecular formula is C19H25NO3. The summed E-state index contributed by atoms with van der Waals surface area (Å²) in [5.41, 5.74) is 0.880. The monoisotopic (exact) mass is 315 g/mol. The predicted octanol–water partition coefficient (Wildman–Crippen LogP) is 3.10. The van der Waals surface area contributed by atoms with Crippen molar-refractivity contribution < 1.29 is 14.6 Å². The topological polar surface area (TPSA) is 58.6 Å². The first-order valence-electron chi connectivity index (χ1n) is 8.76. The van der Waals surface area contributed by atoms with Crippen LogP contribution < -0.4 is 5.32 Å². The summed E-state index contributed by atoms with van der Waals surface area (Å²) in [6.45, 7) is 0.474. The van der Waals surface area contributed by atoms with Crippen LogP contribution in [-0.2, 0) is 11.3 Å². The van der Waals surface area contributed by atoms with E-state index in [4.69, 9.17) is 4.74 Å². The molecule has 1 aromatic carbocycles. The molecule has 4 fully saturated rings. The zero-order valence-corrected chi connectivity index (χ0v) is 13.4. The Labute approximate surface area is 137 Å². The summed E-state index contributed by atoms with van der Waals surface area (Å²) in [4.78, 5) is 12.3. The van der Waals surface area contributed by atoms with Crippen LogP contribution in [0, 0.1) is 23.2 Å². The van der Waals surface area contributed by atoms with Crippen molar-refractivity contribution in [2.75, 3.05) is 6.61 Å². The van der Waals surface area contributed by atoms with E-state index in [0.29, 0.717) is 12.5 Å². The summed E-state index contributed by atoms with van der Waals surface area (Å²) in [5.74, 6) is 2.01. The molecule has 23 heavy (non-hydrogen) atoms. The molecule has 0 aliphatic heterocycles. The number of alkyl carbamates (subject to hydrolysis) is 1. The van der Waals surface area contributed by atoms with Gasteiger partial charge in [-0.15, -0.1) is 0 Å². The van der Waals surface area contributed by atoms with Crippen LogP contribution in [0.3, 0.4) is 0 Å². The molecule has 1 aromatic rings. The first-order chi connectivity index (χ1) is 11.2. The summed E-state index contributed by atoms with van der Waals surface area (Å²) < 4.78 is 5.39. The van der Waals surface area contributed by atoms with Crippen molar-refractivity contribution in [3.05, 3.63) is 35.9 Å². The van der Waals surface area contributed by atoms with Gasteiger partial charge in [0.15, 0.2) is 0 Å². The Kier molecular flexibility index (Phi) is 3.80. The largest absolute Gasteiger partial charge is 0.445 e. The van der Waals surface area contributed by atoms with Crippen LogP contribution in [0.25, 0.3) is 0 Å². The maximum atomic E-state index is 12.3. The Morgan fingerprint density at radius 1 is 1.17 bits per heavy atom. The second-order valence-corrected chi connectivity index (χ2v) is 7.81. The smallest absolute Gasteiger partial charge is 0.407 e. The molecule has 1 amide bonds. The Hall–Kier alpha value is -1.55. The maximum Gasteiger partial charge on any atom is 0.407 e. The van der Waals surface area contributed by atoms with Crippen LogP contribution in [0.5, 0.6) is 0 Å². The number of amides is 1. The first kappa shape index (κ1) is 15.0. The van der Waals surface area contributed by atoms with Gasteiger partial charge in [-0.1, -0.05) is 30.3 Å². The lowest BCUT2D eigenvalue weighted by Gasteiger charge is -2.60. The molecule has 3 unspecified atom stereocenters. The highest BCUT2D eigenvalue weighted by Gasteiger charge is 2.57. The Bertz CT molecular complexity index is 559. The molecule has 0 radical (unpaired) electrons. The van der Waals surface area contributed by atoms with Gasteiger partial charge in [-0.2, -0.15) is 0 Å². The average Bonchev–Trinajstić information content (AvgIpc) is 2.56. The zero-order chi connectivity index (χ0) is 15.9. The molecule has 4 aliphatic carbocycles. The van der Waals surface area contributed by atoms with Crippen LogP contribution >= 0.6 is 0 Å². The molecule has 4 heteroatoms. The second kappa shape index (κ2) is 5.82. The highest BCUT2D eigenvalue weighted by molar-refractivity contribution is 5.68. The van der Waals surface area contributed by atoms with Crippen molar-refractivity contribution in [2.24, 2.45) is 23.2 Å². The quantitative estimate of drug-likeness (QED) is 0.897. The highest BCUT2D eigenvalue weighted by Crippen LogP contribution is 2.59. The Balaban J connectivity index is 1.40. The number of rotatable bonds is 4. The maximum absolute atomic E-state index is 12.3. The van der Waals surface area contributed by atoms with E-state index in [9.17, 15) is 9.90 Å². The first-order valence-corrected chi connectivity index (χ1v) is 8.76. The van der Waals surface area contributed by atoms with Gasteiger partial charge >= 0.3 is 6.09 Å². The van der Waals surface area contributed by atoms with Crippen molar-refractivity contribution in [2.45, 2.75) is 44.8 Å². The number of carbonyl (C=O) groups excluding carboxylic acids is 1. The fourth-order valence-electron chi connectivity index (χ4n) is 5.60. The van der Waals surface area contributed by atoms with Gasteiger partial charge < -0.3 is 15.2 Å². The molecule has 5 rings (SSSR count). The fraction of sp³-hybridized carbons (Fsp3) is 0.632. The number of carbonyl (C=O) groups is 1. The van der Waals surface area contributed by atoms with E-state index in [1.165, 1.54) is 19.3 Å². The summed E-state index contributed by atoms with van der Waals surface area (Å²) in [5, 5.41) is 13.1. The predicted molar refractivity (Wildman–Crippen MR) is 86.6 cm³/mol. The number of aliphatic hydroxyl groups is 1. The third-order valence-corrected chi connectivity index (χ3v) is 6.26. The van der Waals surface area contributed by atoms with Gasteiger partial charge in [0.05, 0.1) is 6.61 Å². The van der Waals surface area contributed by atoms with E-state index >= 15 is 0 Å². The lowest BCUT2D eigenvalue weighted by atomic mass is 9.47. The van der Waals surface area contributed by atoms with Crippen LogP contribution in [0.1, 0.15) is 37.7 Å². The van der Waals surface area contributed by atoms with E-state index in [1.807, 2.05) is 30.3 Å². The van der Waals surface area contributed by atoms with Crippen molar-refractivity contribution in [3.8, 4) is 0 Å². The average molecular weight is 315 g/mol. The summed E-state index contributed by atoms with van der Waals surface area (Å²) >= 11 is 0. The van der Waals surface area contributed by atoms with Gasteiger partial charge in [0, 0.05) is 11.5 Å². The number of hydrogen-bond donors (Lipinski definition) is 2. The molecule has 4 aliphatic rings. The summed E-state index contributed by atoms with van der Waals surface area (Å²) in [6.07, 6.45) is 5.48. The minimum absolute atomic E-state index is 0.0728. The molecule has 4 bridgehead atoms. The molecule has 0 aromatic heterocycles. The van der Waals surface area contributed by atoms with Crippen molar-refractivity contribution in [3.63, 3.8) is 0 Å². The van der Waals surface area contributed by atoms with Crippen LogP contribution in [0.15, 0.2) is 30.3 Å². The van der Waals surface area contributed by atoms with Gasteiger partial charge in [-0.05, 0) is 55.4 Å². The van der Waals surface area contributed by atoms with E-state index in [2.05, 4.69) is 5.32 Å². The van der Waals surface area contributed by atoms with Crippen LogP contribution in [0.4, 0.5) is 4.79 Å². The van der Waals surface area contributed by atoms with Gasteiger partial charge in [0.2, 0.25) is 0 Å². The minimum Gasteiger partial charge on any atom is -0.445 e. The van der Waals surface area contributed by atoms with Crippen molar-refractivity contribution >= 4 is 6.09 Å². The van der Waals surface area contributed by atoms with Gasteiger partial charge in [-0.3, -0.25) is 0 Å². The van der Waals surface area contributed by atoms with Gasteiger partial charge in [0.1, 0.15) is 6.61 Å². The molecule has 0 heterocycles. The van der Waals surface area contributed by atoms with E-state index in [-0.39, 0.29) is 24.2 Å². The van der Waals surface area contributed by atoms with Gasteiger partial charge in [0.25, 0.3) is 0 Å². The molecule has 0 saturated heterocycles. The molecule has 2 N–H and O–H groups in total. The number of nitrogens with one attached hydrogen (secondary N) is 1. The highest BCUT2D eigenvalue weighted by atomic mass is 16.5. The number of aliphatic hydroxyl groups excluding tert-OH is 1. The van der Waals surface area contributed by atoms with Crippen molar-refractivity contribution in [1.82, 2.24) is 5.32 Å². The summed E-state index contributed by atoms with van der Waals surface area (Å²) in [6, 6.07) is 9.80. The number of benzene rings is 1. The number of ether oxygens (including phenoxy) is 1. The number of hydrogen-bond acceptors (Lipinski definition) is 3. The normalized spacial score (nSPS) is 37.6. The zero-order valence-electron chi connectivity index (χ0n) is 13.4. The molecule has 0 spiro atoms. The lowest BCUT2D eigenvalue weighted by Crippen LogP contribution is -2.63. The SMILES string of the molecule is O=C(NC1C2CC3CC(C2)CC1(CO)C3)OCc1ccccc1. The van der Waals surface area contributed by atoms with Gasteiger partial charge in [-0.25, -0.2) is 4.79 Å². The second-order valence-electron chi connectivity index (χ2n) is 7.81.